The van der Waals surface area contributed by atoms with Crippen molar-refractivity contribution in [3.63, 3.8) is 0 Å². The largest absolute Gasteiger partial charge is 0.304 e. The van der Waals surface area contributed by atoms with E-state index in [4.69, 9.17) is 0 Å². The van der Waals surface area contributed by atoms with E-state index in [1.807, 2.05) is 0 Å². The maximum atomic E-state index is 2.68. The normalized spacial score (nSPS) is 27.4. The fraction of sp³-hybridized carbons (Fsp3) is 1.00. The van der Waals surface area contributed by atoms with E-state index in [2.05, 4.69) is 55.4 Å². The first-order chi connectivity index (χ1) is 12.1. The Labute approximate surface area is 154 Å². The molecule has 0 aromatic rings. The molecule has 0 spiro atoms. The third-order valence-electron chi connectivity index (χ3n) is 5.99. The van der Waals surface area contributed by atoms with Crippen molar-refractivity contribution in [1.29, 1.82) is 0 Å². The van der Waals surface area contributed by atoms with Crippen molar-refractivity contribution >= 4 is 0 Å². The predicted molar refractivity (Wildman–Crippen MR) is 104 cm³/mol. The molecule has 3 heterocycles. The Bertz CT molecular complexity index is 313. The van der Waals surface area contributed by atoms with Gasteiger partial charge >= 0.3 is 0 Å². The molecule has 0 aliphatic carbocycles. The summed E-state index contributed by atoms with van der Waals surface area (Å²) in [5.41, 5.74) is 0. The molecule has 0 N–H and O–H groups in total. The Balaban J connectivity index is 1.51. The molecule has 146 valence electrons. The summed E-state index contributed by atoms with van der Waals surface area (Å²) in [6, 6.07) is 0. The lowest BCUT2D eigenvalue weighted by Gasteiger charge is -2.42. The van der Waals surface area contributed by atoms with Gasteiger partial charge in [-0.1, -0.05) is 0 Å². The molecule has 3 saturated heterocycles. The van der Waals surface area contributed by atoms with Gasteiger partial charge in [-0.2, -0.15) is 0 Å². The second kappa shape index (κ2) is 9.60. The van der Waals surface area contributed by atoms with Crippen molar-refractivity contribution < 1.29 is 0 Å². The maximum absolute atomic E-state index is 2.68. The Kier molecular flexibility index (Phi) is 7.48. The predicted octanol–water partition coefficient (Wildman–Crippen LogP) is -1.10. The molecule has 0 saturated carbocycles. The fourth-order valence-corrected chi connectivity index (χ4v) is 3.95. The van der Waals surface area contributed by atoms with E-state index in [0.29, 0.717) is 0 Å². The minimum atomic E-state index is 1.12. The maximum Gasteiger partial charge on any atom is 0.0531 e. The summed E-state index contributed by atoms with van der Waals surface area (Å²) >= 11 is 0. The zero-order valence-electron chi connectivity index (χ0n) is 16.7. The van der Waals surface area contributed by atoms with Crippen LogP contribution in [0, 0.1) is 0 Å². The van der Waals surface area contributed by atoms with Gasteiger partial charge in [0.05, 0.1) is 20.0 Å². The zero-order valence-corrected chi connectivity index (χ0v) is 16.7. The average molecular weight is 354 g/mol. The van der Waals surface area contributed by atoms with Crippen LogP contribution in [0.15, 0.2) is 0 Å². The van der Waals surface area contributed by atoms with Crippen LogP contribution >= 0.6 is 0 Å². The molecule has 7 heteroatoms. The summed E-state index contributed by atoms with van der Waals surface area (Å²) in [6.07, 6.45) is 0. The molecule has 3 rings (SSSR count). The van der Waals surface area contributed by atoms with Crippen molar-refractivity contribution in [1.82, 2.24) is 34.3 Å². The van der Waals surface area contributed by atoms with E-state index in [9.17, 15) is 0 Å². The third kappa shape index (κ3) is 6.43. The van der Waals surface area contributed by atoms with E-state index >= 15 is 0 Å². The first kappa shape index (κ1) is 19.5. The lowest BCUT2D eigenvalue weighted by Crippen LogP contribution is -2.56. The van der Waals surface area contributed by atoms with Gasteiger partial charge in [0.1, 0.15) is 0 Å². The smallest absolute Gasteiger partial charge is 0.0531 e. The quantitative estimate of drug-likeness (QED) is 0.597. The van der Waals surface area contributed by atoms with Crippen LogP contribution < -0.4 is 0 Å². The van der Waals surface area contributed by atoms with Gasteiger partial charge in [-0.3, -0.25) is 19.6 Å². The Morgan fingerprint density at radius 1 is 0.440 bits per heavy atom. The molecular formula is C18H39N7. The van der Waals surface area contributed by atoms with Crippen molar-refractivity contribution in [2.75, 3.05) is 120 Å². The van der Waals surface area contributed by atoms with Gasteiger partial charge in [0.15, 0.2) is 0 Å². The lowest BCUT2D eigenvalue weighted by atomic mass is 10.3. The molecule has 0 radical (unpaired) electrons. The van der Waals surface area contributed by atoms with Crippen LogP contribution in [-0.2, 0) is 0 Å². The Morgan fingerprint density at radius 2 is 0.680 bits per heavy atom. The second-order valence-corrected chi connectivity index (χ2v) is 8.36. The summed E-state index contributed by atoms with van der Waals surface area (Å²) in [7, 11) is 6.72. The van der Waals surface area contributed by atoms with Gasteiger partial charge in [0, 0.05) is 78.5 Å². The molecule has 0 atom stereocenters. The molecule has 3 aliphatic rings. The molecule has 0 aromatic heterocycles. The van der Waals surface area contributed by atoms with Crippen LogP contribution in [0.25, 0.3) is 0 Å². The highest BCUT2D eigenvalue weighted by molar-refractivity contribution is 4.75. The molecule has 3 aliphatic heterocycles. The second-order valence-electron chi connectivity index (χ2n) is 8.36. The summed E-state index contributed by atoms with van der Waals surface area (Å²) < 4.78 is 0. The number of rotatable bonds is 6. The molecule has 0 aromatic carbocycles. The number of nitrogens with zero attached hydrogens (tertiary/aromatic N) is 7. The monoisotopic (exact) mass is 353 g/mol. The van der Waals surface area contributed by atoms with Crippen molar-refractivity contribution in [3.05, 3.63) is 0 Å². The molecule has 0 amide bonds. The van der Waals surface area contributed by atoms with E-state index in [1.165, 1.54) is 78.5 Å². The first-order valence-electron chi connectivity index (χ1n) is 10.0. The van der Waals surface area contributed by atoms with E-state index in [0.717, 1.165) is 20.0 Å². The SMILES string of the molecule is CN1CCN(CN(CN2CCN(C)CC2)CN2CCN(C)CC2)CC1. The summed E-state index contributed by atoms with van der Waals surface area (Å²) in [5, 5.41) is 0. The van der Waals surface area contributed by atoms with Crippen LogP contribution in [0.5, 0.6) is 0 Å². The Hall–Kier alpha value is -0.280. The van der Waals surface area contributed by atoms with Crippen LogP contribution in [0.4, 0.5) is 0 Å². The van der Waals surface area contributed by atoms with Crippen molar-refractivity contribution in [2.45, 2.75) is 0 Å². The molecule has 0 unspecified atom stereocenters. The van der Waals surface area contributed by atoms with Crippen LogP contribution in [0.1, 0.15) is 0 Å². The molecular weight excluding hydrogens is 314 g/mol. The van der Waals surface area contributed by atoms with Crippen molar-refractivity contribution in [3.8, 4) is 0 Å². The van der Waals surface area contributed by atoms with Gasteiger partial charge in [0.25, 0.3) is 0 Å². The average Bonchev–Trinajstić information content (AvgIpc) is 2.61. The van der Waals surface area contributed by atoms with Gasteiger partial charge < -0.3 is 14.7 Å². The van der Waals surface area contributed by atoms with E-state index in [1.54, 1.807) is 0 Å². The number of likely N-dealkylation sites (N-methyl/N-ethyl adjacent to an activating group) is 3. The minimum absolute atomic E-state index is 1.12. The number of piperazine rings is 3. The van der Waals surface area contributed by atoms with E-state index in [-0.39, 0.29) is 0 Å². The van der Waals surface area contributed by atoms with Crippen LogP contribution in [0.3, 0.4) is 0 Å². The number of hydrogen-bond donors (Lipinski definition) is 0. The lowest BCUT2D eigenvalue weighted by molar-refractivity contribution is -0.00866. The molecule has 25 heavy (non-hydrogen) atoms. The summed E-state index contributed by atoms with van der Waals surface area (Å²) in [5.74, 6) is 0. The molecule has 3 fully saturated rings. The first-order valence-corrected chi connectivity index (χ1v) is 10.0. The topological polar surface area (TPSA) is 22.7 Å². The van der Waals surface area contributed by atoms with Gasteiger partial charge in [-0.15, -0.1) is 0 Å². The van der Waals surface area contributed by atoms with Crippen LogP contribution in [0.2, 0.25) is 0 Å². The fourth-order valence-electron chi connectivity index (χ4n) is 3.95. The molecule has 7 nitrogen and oxygen atoms in total. The summed E-state index contributed by atoms with van der Waals surface area (Å²) in [4.78, 5) is 18.0. The zero-order chi connectivity index (χ0) is 17.6. The van der Waals surface area contributed by atoms with E-state index < -0.39 is 0 Å². The number of hydrogen-bond acceptors (Lipinski definition) is 7. The van der Waals surface area contributed by atoms with Gasteiger partial charge in [-0.25, -0.2) is 0 Å². The summed E-state index contributed by atoms with van der Waals surface area (Å²) in [6.45, 7) is 17.8. The molecule has 0 bridgehead atoms. The van der Waals surface area contributed by atoms with Crippen LogP contribution in [-0.4, -0.2) is 154 Å². The minimum Gasteiger partial charge on any atom is -0.304 e. The highest BCUT2D eigenvalue weighted by Gasteiger charge is 2.23. The van der Waals surface area contributed by atoms with Gasteiger partial charge in [-0.05, 0) is 21.1 Å². The highest BCUT2D eigenvalue weighted by Crippen LogP contribution is 2.08. The van der Waals surface area contributed by atoms with Crippen molar-refractivity contribution in [2.24, 2.45) is 0 Å². The highest BCUT2D eigenvalue weighted by atomic mass is 15.5. The Morgan fingerprint density at radius 3 is 0.920 bits per heavy atom. The third-order valence-corrected chi connectivity index (χ3v) is 5.99. The standard InChI is InChI=1S/C18H39N7/c1-19-4-10-22(11-5-19)16-25(17-23-12-6-20(2)7-13-23)18-24-14-8-21(3)9-15-24/h4-18H2,1-3H3. The van der Waals surface area contributed by atoms with Gasteiger partial charge in [0.2, 0.25) is 0 Å².